The molecular formula is C17H39IN4O. The average Bonchev–Trinajstić information content (AvgIpc) is 2.45. The molecule has 140 valence electrons. The van der Waals surface area contributed by atoms with Crippen LogP contribution in [-0.4, -0.2) is 60.8 Å². The molecule has 0 aromatic carbocycles. The quantitative estimate of drug-likeness (QED) is 0.262. The molecule has 0 fully saturated rings. The monoisotopic (exact) mass is 442 g/mol. The Labute approximate surface area is 160 Å². The summed E-state index contributed by atoms with van der Waals surface area (Å²) >= 11 is 0. The van der Waals surface area contributed by atoms with Gasteiger partial charge in [0, 0.05) is 25.7 Å². The lowest BCUT2D eigenvalue weighted by Gasteiger charge is -2.26. The van der Waals surface area contributed by atoms with E-state index in [2.05, 4.69) is 62.2 Å². The highest BCUT2D eigenvalue weighted by Gasteiger charge is 2.24. The lowest BCUT2D eigenvalue weighted by Crippen LogP contribution is -2.43. The number of nitrogens with zero attached hydrogens (tertiary/aromatic N) is 2. The molecule has 0 atom stereocenters. The summed E-state index contributed by atoms with van der Waals surface area (Å²) < 4.78 is 0. The Balaban J connectivity index is 0. The summed E-state index contributed by atoms with van der Waals surface area (Å²) in [5.41, 5.74) is -0.666. The van der Waals surface area contributed by atoms with E-state index in [9.17, 15) is 5.11 Å². The van der Waals surface area contributed by atoms with Crippen molar-refractivity contribution >= 4 is 29.9 Å². The van der Waals surface area contributed by atoms with E-state index in [0.29, 0.717) is 12.6 Å². The molecule has 0 bridgehead atoms. The van der Waals surface area contributed by atoms with Gasteiger partial charge in [-0.05, 0) is 40.7 Å². The summed E-state index contributed by atoms with van der Waals surface area (Å²) in [5, 5.41) is 17.2. The molecule has 0 aromatic heterocycles. The van der Waals surface area contributed by atoms with Crippen molar-refractivity contribution in [2.75, 3.05) is 33.2 Å². The number of aliphatic imine (C=N–C) groups is 1. The summed E-state index contributed by atoms with van der Waals surface area (Å²) in [6.07, 6.45) is 3.57. The number of guanidine groups is 1. The molecule has 23 heavy (non-hydrogen) atoms. The minimum Gasteiger partial charge on any atom is -0.388 e. The van der Waals surface area contributed by atoms with E-state index in [4.69, 9.17) is 0 Å². The van der Waals surface area contributed by atoms with Crippen molar-refractivity contribution in [1.82, 2.24) is 15.5 Å². The normalized spacial score (nSPS) is 12.5. The predicted octanol–water partition coefficient (Wildman–Crippen LogP) is 2.83. The van der Waals surface area contributed by atoms with Crippen LogP contribution in [-0.2, 0) is 0 Å². The summed E-state index contributed by atoms with van der Waals surface area (Å²) in [4.78, 5) is 6.88. The van der Waals surface area contributed by atoms with Crippen LogP contribution in [0.4, 0.5) is 0 Å². The van der Waals surface area contributed by atoms with Gasteiger partial charge in [0.05, 0.1) is 12.1 Å². The Morgan fingerprint density at radius 3 is 2.13 bits per heavy atom. The molecule has 0 radical (unpaired) electrons. The molecule has 0 heterocycles. The van der Waals surface area contributed by atoms with Crippen LogP contribution in [0.1, 0.15) is 60.3 Å². The van der Waals surface area contributed by atoms with Crippen LogP contribution in [0.25, 0.3) is 0 Å². The third-order valence-corrected chi connectivity index (χ3v) is 3.94. The van der Waals surface area contributed by atoms with E-state index in [1.54, 1.807) is 0 Å². The first kappa shape index (κ1) is 25.2. The van der Waals surface area contributed by atoms with Crippen LogP contribution < -0.4 is 10.6 Å². The van der Waals surface area contributed by atoms with Gasteiger partial charge in [-0.2, -0.15) is 0 Å². The minimum atomic E-state index is -0.666. The van der Waals surface area contributed by atoms with Crippen LogP contribution in [0.2, 0.25) is 0 Å². The second-order valence-electron chi connectivity index (χ2n) is 6.42. The maximum atomic E-state index is 10.6. The van der Waals surface area contributed by atoms with Crippen molar-refractivity contribution in [3.8, 4) is 0 Å². The number of aliphatic hydroxyl groups is 1. The first-order chi connectivity index (χ1) is 10.4. The van der Waals surface area contributed by atoms with Gasteiger partial charge in [-0.25, -0.2) is 0 Å². The SMILES string of the molecule is CCCC(O)(CCC)CN=C(NCC)NCCN(C)C(C)C.I. The third-order valence-electron chi connectivity index (χ3n) is 3.94. The van der Waals surface area contributed by atoms with E-state index in [1.807, 2.05) is 0 Å². The van der Waals surface area contributed by atoms with E-state index in [0.717, 1.165) is 51.3 Å². The molecule has 0 saturated carbocycles. The van der Waals surface area contributed by atoms with Crippen LogP contribution in [0.3, 0.4) is 0 Å². The maximum absolute atomic E-state index is 10.6. The fourth-order valence-electron chi connectivity index (χ4n) is 2.39. The molecule has 0 aliphatic heterocycles. The van der Waals surface area contributed by atoms with Crippen molar-refractivity contribution in [3.05, 3.63) is 0 Å². The largest absolute Gasteiger partial charge is 0.388 e. The second kappa shape index (κ2) is 14.3. The highest BCUT2D eigenvalue weighted by molar-refractivity contribution is 14.0. The number of nitrogens with one attached hydrogen (secondary N) is 2. The third kappa shape index (κ3) is 12.0. The van der Waals surface area contributed by atoms with Gasteiger partial charge in [0.15, 0.2) is 5.96 Å². The molecule has 0 amide bonds. The Morgan fingerprint density at radius 1 is 1.13 bits per heavy atom. The van der Waals surface area contributed by atoms with Gasteiger partial charge in [-0.1, -0.05) is 26.7 Å². The second-order valence-corrected chi connectivity index (χ2v) is 6.42. The smallest absolute Gasteiger partial charge is 0.191 e. The summed E-state index contributed by atoms with van der Waals surface area (Å²) in [5.74, 6) is 0.797. The molecule has 0 saturated heterocycles. The Bertz CT molecular complexity index is 305. The zero-order valence-corrected chi connectivity index (χ0v) is 18.3. The topological polar surface area (TPSA) is 59.9 Å². The van der Waals surface area contributed by atoms with Crippen molar-refractivity contribution in [1.29, 1.82) is 0 Å². The highest BCUT2D eigenvalue weighted by atomic mass is 127. The lowest BCUT2D eigenvalue weighted by molar-refractivity contribution is 0.0306. The van der Waals surface area contributed by atoms with Crippen LogP contribution in [0.5, 0.6) is 0 Å². The highest BCUT2D eigenvalue weighted by Crippen LogP contribution is 2.19. The van der Waals surface area contributed by atoms with Gasteiger partial charge >= 0.3 is 0 Å². The fourth-order valence-corrected chi connectivity index (χ4v) is 2.39. The summed E-state index contributed by atoms with van der Waals surface area (Å²) in [6, 6.07) is 0.542. The molecule has 0 aromatic rings. The molecule has 0 rings (SSSR count). The van der Waals surface area contributed by atoms with Gasteiger partial charge in [-0.3, -0.25) is 4.99 Å². The molecule has 3 N–H and O–H groups in total. The zero-order valence-electron chi connectivity index (χ0n) is 16.0. The van der Waals surface area contributed by atoms with E-state index >= 15 is 0 Å². The van der Waals surface area contributed by atoms with Crippen molar-refractivity contribution in [3.63, 3.8) is 0 Å². The molecule has 5 nitrogen and oxygen atoms in total. The van der Waals surface area contributed by atoms with Crippen LogP contribution >= 0.6 is 24.0 Å². The van der Waals surface area contributed by atoms with Gasteiger partial charge in [0.25, 0.3) is 0 Å². The van der Waals surface area contributed by atoms with Crippen molar-refractivity contribution < 1.29 is 5.11 Å². The van der Waals surface area contributed by atoms with Crippen molar-refractivity contribution in [2.24, 2.45) is 4.99 Å². The zero-order chi connectivity index (χ0) is 17.0. The molecule has 0 spiro atoms. The van der Waals surface area contributed by atoms with Gasteiger partial charge in [-0.15, -0.1) is 24.0 Å². The Morgan fingerprint density at radius 2 is 1.70 bits per heavy atom. The maximum Gasteiger partial charge on any atom is 0.191 e. The number of rotatable bonds is 11. The summed E-state index contributed by atoms with van der Waals surface area (Å²) in [6.45, 7) is 13.8. The Kier molecular flexibility index (Phi) is 15.6. The van der Waals surface area contributed by atoms with E-state index in [1.165, 1.54) is 0 Å². The number of likely N-dealkylation sites (N-methyl/N-ethyl adjacent to an activating group) is 1. The molecular weight excluding hydrogens is 403 g/mol. The predicted molar refractivity (Wildman–Crippen MR) is 112 cm³/mol. The number of hydrogen-bond acceptors (Lipinski definition) is 3. The fraction of sp³-hybridized carbons (Fsp3) is 0.941. The standard InChI is InChI=1S/C17H38N4O.HI/c1-7-10-17(22,11-8-2)14-20-16(18-9-3)19-12-13-21(6)15(4)5;/h15,22H,7-14H2,1-6H3,(H2,18,19,20);1H. The van der Waals surface area contributed by atoms with Gasteiger partial charge in [0.1, 0.15) is 0 Å². The van der Waals surface area contributed by atoms with Crippen LogP contribution in [0, 0.1) is 0 Å². The number of halogens is 1. The van der Waals surface area contributed by atoms with Crippen molar-refractivity contribution in [2.45, 2.75) is 71.9 Å². The van der Waals surface area contributed by atoms with Gasteiger partial charge < -0.3 is 20.6 Å². The molecule has 0 aliphatic rings. The van der Waals surface area contributed by atoms with Crippen LogP contribution in [0.15, 0.2) is 4.99 Å². The minimum absolute atomic E-state index is 0. The molecule has 0 unspecified atom stereocenters. The first-order valence-electron chi connectivity index (χ1n) is 8.83. The number of hydrogen-bond donors (Lipinski definition) is 3. The Hall–Kier alpha value is -0.0800. The average molecular weight is 442 g/mol. The molecule has 6 heteroatoms. The lowest BCUT2D eigenvalue weighted by atomic mass is 9.93. The van der Waals surface area contributed by atoms with E-state index < -0.39 is 5.60 Å². The molecule has 0 aliphatic carbocycles. The summed E-state index contributed by atoms with van der Waals surface area (Å²) in [7, 11) is 2.12. The first-order valence-corrected chi connectivity index (χ1v) is 8.83. The van der Waals surface area contributed by atoms with E-state index in [-0.39, 0.29) is 24.0 Å². The van der Waals surface area contributed by atoms with Gasteiger partial charge in [0.2, 0.25) is 0 Å².